The van der Waals surface area contributed by atoms with Crippen LogP contribution in [0.3, 0.4) is 0 Å². The number of alkyl halides is 3. The third kappa shape index (κ3) is 3.32. The largest absolute Gasteiger partial charge is 0.434 e. The van der Waals surface area contributed by atoms with Gasteiger partial charge in [0.15, 0.2) is 11.2 Å². The predicted molar refractivity (Wildman–Crippen MR) is 101 cm³/mol. The molecule has 1 aliphatic carbocycles. The molecule has 3 aromatic rings. The van der Waals surface area contributed by atoms with E-state index in [2.05, 4.69) is 10.1 Å². The molecule has 0 aromatic carbocycles. The fourth-order valence-electron chi connectivity index (χ4n) is 3.62. The molecule has 0 amide bonds. The van der Waals surface area contributed by atoms with Crippen molar-refractivity contribution in [2.75, 3.05) is 0 Å². The molecular formula is C19H18ClF3N4O2. The monoisotopic (exact) mass is 426 g/mol. The van der Waals surface area contributed by atoms with Gasteiger partial charge in [0.25, 0.3) is 5.56 Å². The Labute approximate surface area is 168 Å². The zero-order valence-corrected chi connectivity index (χ0v) is 16.4. The van der Waals surface area contributed by atoms with E-state index in [9.17, 15) is 23.1 Å². The molecule has 0 bridgehead atoms. The molecule has 1 unspecified atom stereocenters. The Bertz CT molecular complexity index is 1160. The zero-order valence-electron chi connectivity index (χ0n) is 15.7. The average Bonchev–Trinajstić information content (AvgIpc) is 3.43. The van der Waals surface area contributed by atoms with E-state index in [0.717, 1.165) is 30.7 Å². The van der Waals surface area contributed by atoms with Gasteiger partial charge in [-0.1, -0.05) is 11.6 Å². The first-order valence-corrected chi connectivity index (χ1v) is 9.51. The summed E-state index contributed by atoms with van der Waals surface area (Å²) in [5.41, 5.74) is 0.0848. The Kier molecular flexibility index (Phi) is 4.70. The fraction of sp³-hybridized carbons (Fsp3) is 0.421. The predicted octanol–water partition coefficient (Wildman–Crippen LogP) is 3.78. The molecule has 1 N–H and O–H groups in total. The molecule has 6 nitrogen and oxygen atoms in total. The lowest BCUT2D eigenvalue weighted by molar-refractivity contribution is -0.141. The standard InChI is InChI=1S/C19H18ClF3N4O2/c1-3-27-8-11(9-4-5-9)13-14(18(27)29)25-26(2)15(13)16(28)10-6-12(20)17(24-7-10)19(21,22)23/h6-9,16,28H,3-5H2,1-2H3. The van der Waals surface area contributed by atoms with Gasteiger partial charge in [0, 0.05) is 36.9 Å². The molecule has 4 rings (SSSR count). The number of aromatic nitrogens is 4. The number of fused-ring (bicyclic) bond motifs is 1. The highest BCUT2D eigenvalue weighted by molar-refractivity contribution is 6.31. The highest BCUT2D eigenvalue weighted by atomic mass is 35.5. The van der Waals surface area contributed by atoms with Gasteiger partial charge in [-0.2, -0.15) is 18.3 Å². The first-order chi connectivity index (χ1) is 13.6. The smallest absolute Gasteiger partial charge is 0.382 e. The molecule has 0 spiro atoms. The minimum Gasteiger partial charge on any atom is -0.382 e. The van der Waals surface area contributed by atoms with Crippen molar-refractivity contribution in [3.8, 4) is 0 Å². The maximum atomic E-state index is 12.9. The van der Waals surface area contributed by atoms with Crippen molar-refractivity contribution in [3.05, 3.63) is 56.4 Å². The third-order valence-corrected chi connectivity index (χ3v) is 5.49. The van der Waals surface area contributed by atoms with Crippen LogP contribution in [0.1, 0.15) is 54.3 Å². The number of hydrogen-bond acceptors (Lipinski definition) is 4. The highest BCUT2D eigenvalue weighted by Gasteiger charge is 2.36. The number of aryl methyl sites for hydroxylation is 2. The Hall–Kier alpha value is -2.39. The van der Waals surface area contributed by atoms with E-state index in [0.29, 0.717) is 17.6 Å². The number of pyridine rings is 2. The van der Waals surface area contributed by atoms with Crippen molar-refractivity contribution in [2.45, 2.75) is 44.5 Å². The minimum atomic E-state index is -4.69. The van der Waals surface area contributed by atoms with Crippen LogP contribution < -0.4 is 5.56 Å². The van der Waals surface area contributed by atoms with Gasteiger partial charge >= 0.3 is 6.18 Å². The molecule has 1 saturated carbocycles. The van der Waals surface area contributed by atoms with Crippen LogP contribution in [0.2, 0.25) is 5.02 Å². The van der Waals surface area contributed by atoms with Crippen LogP contribution >= 0.6 is 11.6 Å². The summed E-state index contributed by atoms with van der Waals surface area (Å²) in [6.45, 7) is 2.35. The Balaban J connectivity index is 1.90. The summed E-state index contributed by atoms with van der Waals surface area (Å²) in [5.74, 6) is 0.264. The summed E-state index contributed by atoms with van der Waals surface area (Å²) in [7, 11) is 1.59. The second-order valence-corrected chi connectivity index (χ2v) is 7.59. The maximum absolute atomic E-state index is 12.9. The number of halogens is 4. The van der Waals surface area contributed by atoms with Crippen LogP contribution in [-0.2, 0) is 19.8 Å². The van der Waals surface area contributed by atoms with Gasteiger partial charge in [-0.15, -0.1) is 0 Å². The van der Waals surface area contributed by atoms with Crippen LogP contribution in [-0.4, -0.2) is 24.4 Å². The molecule has 10 heteroatoms. The van der Waals surface area contributed by atoms with E-state index in [4.69, 9.17) is 11.6 Å². The summed E-state index contributed by atoms with van der Waals surface area (Å²) < 4.78 is 41.8. The quantitative estimate of drug-likeness (QED) is 0.689. The summed E-state index contributed by atoms with van der Waals surface area (Å²) >= 11 is 5.76. The molecule has 154 valence electrons. The Morgan fingerprint density at radius 1 is 1.38 bits per heavy atom. The van der Waals surface area contributed by atoms with E-state index < -0.39 is 23.0 Å². The molecule has 3 aromatic heterocycles. The first kappa shape index (κ1) is 19.9. The van der Waals surface area contributed by atoms with Crippen LogP contribution in [0.15, 0.2) is 23.3 Å². The van der Waals surface area contributed by atoms with Gasteiger partial charge in [-0.3, -0.25) is 9.48 Å². The van der Waals surface area contributed by atoms with Crippen LogP contribution in [0.5, 0.6) is 0 Å². The van der Waals surface area contributed by atoms with Crippen molar-refractivity contribution < 1.29 is 18.3 Å². The average molecular weight is 427 g/mol. The molecular weight excluding hydrogens is 409 g/mol. The summed E-state index contributed by atoms with van der Waals surface area (Å²) in [4.78, 5) is 16.1. The topological polar surface area (TPSA) is 72.9 Å². The normalized spacial score (nSPS) is 15.8. The van der Waals surface area contributed by atoms with Gasteiger partial charge < -0.3 is 9.67 Å². The summed E-state index contributed by atoms with van der Waals surface area (Å²) in [6.07, 6.45) is -1.36. The molecule has 29 heavy (non-hydrogen) atoms. The lowest BCUT2D eigenvalue weighted by atomic mass is 10.00. The number of nitrogens with zero attached hydrogens (tertiary/aromatic N) is 4. The molecule has 0 radical (unpaired) electrons. The summed E-state index contributed by atoms with van der Waals surface area (Å²) in [5, 5.41) is 15.2. The Morgan fingerprint density at radius 3 is 2.62 bits per heavy atom. The lowest BCUT2D eigenvalue weighted by Crippen LogP contribution is -2.20. The second kappa shape index (κ2) is 6.84. The van der Waals surface area contributed by atoms with Gasteiger partial charge in [0.05, 0.1) is 10.7 Å². The molecule has 1 aliphatic rings. The van der Waals surface area contributed by atoms with Crippen molar-refractivity contribution in [1.82, 2.24) is 19.3 Å². The molecule has 1 fully saturated rings. The summed E-state index contributed by atoms with van der Waals surface area (Å²) in [6, 6.07) is 1.05. The first-order valence-electron chi connectivity index (χ1n) is 9.14. The molecule has 3 heterocycles. The van der Waals surface area contributed by atoms with Crippen LogP contribution in [0.4, 0.5) is 13.2 Å². The Morgan fingerprint density at radius 2 is 2.07 bits per heavy atom. The molecule has 0 saturated heterocycles. The fourth-order valence-corrected chi connectivity index (χ4v) is 3.90. The van der Waals surface area contributed by atoms with E-state index in [1.165, 1.54) is 4.68 Å². The lowest BCUT2D eigenvalue weighted by Gasteiger charge is -2.16. The third-order valence-electron chi connectivity index (χ3n) is 5.20. The molecule has 1 atom stereocenters. The van der Waals surface area contributed by atoms with Crippen molar-refractivity contribution in [2.24, 2.45) is 7.05 Å². The highest BCUT2D eigenvalue weighted by Crippen LogP contribution is 2.44. The van der Waals surface area contributed by atoms with Crippen molar-refractivity contribution in [3.63, 3.8) is 0 Å². The number of aliphatic hydroxyl groups is 1. The van der Waals surface area contributed by atoms with Crippen molar-refractivity contribution >= 4 is 22.5 Å². The molecule has 0 aliphatic heterocycles. The van der Waals surface area contributed by atoms with E-state index in [-0.39, 0.29) is 22.6 Å². The SMILES string of the molecule is CCn1cc(C2CC2)c2c(C(O)c3cnc(C(F)(F)F)c(Cl)c3)n(C)nc2c1=O. The van der Waals surface area contributed by atoms with Gasteiger partial charge in [0.1, 0.15) is 6.10 Å². The van der Waals surface area contributed by atoms with Gasteiger partial charge in [-0.05, 0) is 37.3 Å². The van der Waals surface area contributed by atoms with Crippen molar-refractivity contribution in [1.29, 1.82) is 0 Å². The number of rotatable bonds is 4. The van der Waals surface area contributed by atoms with Crippen LogP contribution in [0.25, 0.3) is 10.9 Å². The van der Waals surface area contributed by atoms with E-state index in [1.807, 2.05) is 6.92 Å². The second-order valence-electron chi connectivity index (χ2n) is 7.18. The van der Waals surface area contributed by atoms with Crippen LogP contribution in [0, 0.1) is 0 Å². The maximum Gasteiger partial charge on any atom is 0.434 e. The van der Waals surface area contributed by atoms with E-state index >= 15 is 0 Å². The van der Waals surface area contributed by atoms with Gasteiger partial charge in [-0.25, -0.2) is 4.98 Å². The number of aliphatic hydroxyl groups excluding tert-OH is 1. The minimum absolute atomic E-state index is 0.0920. The van der Waals surface area contributed by atoms with Gasteiger partial charge in [0.2, 0.25) is 0 Å². The number of hydrogen-bond donors (Lipinski definition) is 1. The zero-order chi connectivity index (χ0) is 21.1. The van der Waals surface area contributed by atoms with E-state index in [1.54, 1.807) is 17.8 Å².